The van der Waals surface area contributed by atoms with Gasteiger partial charge in [-0.1, -0.05) is 5.16 Å². The van der Waals surface area contributed by atoms with Crippen molar-refractivity contribution >= 4 is 29.0 Å². The van der Waals surface area contributed by atoms with Crippen molar-refractivity contribution in [1.29, 1.82) is 0 Å². The van der Waals surface area contributed by atoms with Crippen molar-refractivity contribution in [3.05, 3.63) is 34.2 Å². The predicted molar refractivity (Wildman–Crippen MR) is 72.2 cm³/mol. The molecule has 0 spiro atoms. The van der Waals surface area contributed by atoms with E-state index < -0.39 is 17.9 Å². The Labute approximate surface area is 118 Å². The molecule has 0 bridgehead atoms. The van der Waals surface area contributed by atoms with Crippen LogP contribution in [0.25, 0.3) is 0 Å². The Kier molecular flexibility index (Phi) is 4.49. The summed E-state index contributed by atoms with van der Waals surface area (Å²) in [5.74, 6) is -1.02. The summed E-state index contributed by atoms with van der Waals surface area (Å²) in [4.78, 5) is 23.1. The smallest absolute Gasteiger partial charge is 0.314 e. The Balaban J connectivity index is 1.81. The van der Waals surface area contributed by atoms with Crippen LogP contribution in [-0.4, -0.2) is 28.6 Å². The van der Waals surface area contributed by atoms with Gasteiger partial charge in [-0.2, -0.15) is 11.3 Å². The first-order valence-corrected chi connectivity index (χ1v) is 6.73. The minimum Gasteiger partial charge on any atom is -0.387 e. The van der Waals surface area contributed by atoms with E-state index in [2.05, 4.69) is 15.8 Å². The Hall–Kier alpha value is -2.19. The summed E-state index contributed by atoms with van der Waals surface area (Å²) < 4.78 is 4.76. The van der Waals surface area contributed by atoms with Crippen LogP contribution in [0.5, 0.6) is 0 Å². The van der Waals surface area contributed by atoms with E-state index in [4.69, 9.17) is 4.52 Å². The maximum atomic E-state index is 11.5. The lowest BCUT2D eigenvalue weighted by atomic mass is 10.2. The molecular weight excluding hydrogens is 282 g/mol. The summed E-state index contributed by atoms with van der Waals surface area (Å²) in [6.07, 6.45) is -0.840. The molecule has 20 heavy (non-hydrogen) atoms. The van der Waals surface area contributed by atoms with Crippen LogP contribution in [0.1, 0.15) is 17.4 Å². The number of amides is 2. The van der Waals surface area contributed by atoms with E-state index in [0.29, 0.717) is 11.3 Å². The van der Waals surface area contributed by atoms with Crippen molar-refractivity contribution < 1.29 is 19.2 Å². The number of hydrogen-bond acceptors (Lipinski definition) is 6. The number of aliphatic hydroxyl groups is 1. The average Bonchev–Trinajstić information content (AvgIpc) is 3.07. The molecule has 3 N–H and O–H groups in total. The molecule has 0 aliphatic heterocycles. The van der Waals surface area contributed by atoms with Crippen LogP contribution in [0, 0.1) is 6.92 Å². The van der Waals surface area contributed by atoms with Crippen molar-refractivity contribution in [2.45, 2.75) is 13.0 Å². The van der Waals surface area contributed by atoms with Gasteiger partial charge in [-0.3, -0.25) is 14.9 Å². The summed E-state index contributed by atoms with van der Waals surface area (Å²) in [7, 11) is 0. The molecule has 8 heteroatoms. The largest absolute Gasteiger partial charge is 0.387 e. The van der Waals surface area contributed by atoms with Crippen molar-refractivity contribution in [2.24, 2.45) is 0 Å². The molecule has 2 amide bonds. The molecule has 1 atom stereocenters. The van der Waals surface area contributed by atoms with E-state index in [0.717, 1.165) is 0 Å². The predicted octanol–water partition coefficient (Wildman–Crippen LogP) is 0.833. The fourth-order valence-corrected chi connectivity index (χ4v) is 2.16. The van der Waals surface area contributed by atoms with Crippen molar-refractivity contribution in [1.82, 2.24) is 10.5 Å². The SMILES string of the molecule is Cc1cc(NC(=O)C(=O)NC[C@@H](O)c2ccsc2)no1. The van der Waals surface area contributed by atoms with Crippen molar-refractivity contribution in [2.75, 3.05) is 11.9 Å². The second kappa shape index (κ2) is 6.31. The molecule has 2 aromatic rings. The maximum absolute atomic E-state index is 11.5. The highest BCUT2D eigenvalue weighted by atomic mass is 32.1. The Morgan fingerprint density at radius 3 is 2.90 bits per heavy atom. The molecule has 2 aromatic heterocycles. The normalized spacial score (nSPS) is 11.9. The quantitative estimate of drug-likeness (QED) is 0.725. The van der Waals surface area contributed by atoms with Gasteiger partial charge in [0.15, 0.2) is 5.82 Å². The third-order valence-corrected chi connectivity index (χ3v) is 3.16. The van der Waals surface area contributed by atoms with E-state index >= 15 is 0 Å². The highest BCUT2D eigenvalue weighted by Gasteiger charge is 2.17. The highest BCUT2D eigenvalue weighted by molar-refractivity contribution is 7.07. The molecule has 0 aliphatic carbocycles. The molecule has 0 fully saturated rings. The number of thiophene rings is 1. The monoisotopic (exact) mass is 295 g/mol. The summed E-state index contributed by atoms with van der Waals surface area (Å²) in [6, 6.07) is 3.24. The zero-order valence-electron chi connectivity index (χ0n) is 10.6. The van der Waals surface area contributed by atoms with E-state index in [9.17, 15) is 14.7 Å². The van der Waals surface area contributed by atoms with Crippen LogP contribution >= 0.6 is 11.3 Å². The number of aromatic nitrogens is 1. The lowest BCUT2D eigenvalue weighted by Gasteiger charge is -2.09. The van der Waals surface area contributed by atoms with Crippen LogP contribution in [0.4, 0.5) is 5.82 Å². The molecule has 0 unspecified atom stereocenters. The highest BCUT2D eigenvalue weighted by Crippen LogP contribution is 2.15. The van der Waals surface area contributed by atoms with Gasteiger partial charge in [0.05, 0.1) is 6.10 Å². The van der Waals surface area contributed by atoms with Gasteiger partial charge in [0.25, 0.3) is 0 Å². The summed E-state index contributed by atoms with van der Waals surface area (Å²) >= 11 is 1.44. The number of carbonyl (C=O) groups excluding carboxylic acids is 2. The summed E-state index contributed by atoms with van der Waals surface area (Å²) in [5.41, 5.74) is 0.697. The van der Waals surface area contributed by atoms with E-state index in [-0.39, 0.29) is 12.4 Å². The van der Waals surface area contributed by atoms with E-state index in [1.54, 1.807) is 18.4 Å². The molecule has 0 radical (unpaired) electrons. The Bertz CT molecular complexity index is 594. The second-order valence-corrected chi connectivity index (χ2v) is 4.84. The number of aliphatic hydroxyl groups excluding tert-OH is 1. The number of aryl methyl sites for hydroxylation is 1. The van der Waals surface area contributed by atoms with Crippen LogP contribution < -0.4 is 10.6 Å². The van der Waals surface area contributed by atoms with Crippen LogP contribution in [0.15, 0.2) is 27.4 Å². The minimum atomic E-state index is -0.865. The third-order valence-electron chi connectivity index (χ3n) is 2.46. The Morgan fingerprint density at radius 1 is 1.50 bits per heavy atom. The van der Waals surface area contributed by atoms with Crippen LogP contribution in [-0.2, 0) is 9.59 Å². The molecule has 0 aliphatic rings. The first-order valence-electron chi connectivity index (χ1n) is 5.79. The van der Waals surface area contributed by atoms with Gasteiger partial charge in [-0.05, 0) is 29.3 Å². The number of hydrogen-bond donors (Lipinski definition) is 3. The maximum Gasteiger partial charge on any atom is 0.314 e. The molecule has 0 saturated heterocycles. The number of anilines is 1. The third kappa shape index (κ3) is 3.65. The Morgan fingerprint density at radius 2 is 2.30 bits per heavy atom. The fourth-order valence-electron chi connectivity index (χ4n) is 1.45. The number of carbonyl (C=O) groups is 2. The van der Waals surface area contributed by atoms with Gasteiger partial charge in [0.1, 0.15) is 5.76 Å². The first kappa shape index (κ1) is 14.2. The number of nitrogens with zero attached hydrogens (tertiary/aromatic N) is 1. The van der Waals surface area contributed by atoms with Gasteiger partial charge >= 0.3 is 11.8 Å². The van der Waals surface area contributed by atoms with E-state index in [1.165, 1.54) is 17.4 Å². The second-order valence-electron chi connectivity index (χ2n) is 4.06. The zero-order valence-corrected chi connectivity index (χ0v) is 11.4. The average molecular weight is 295 g/mol. The molecular formula is C12H13N3O4S. The molecule has 2 rings (SSSR count). The lowest BCUT2D eigenvalue weighted by Crippen LogP contribution is -2.37. The summed E-state index contributed by atoms with van der Waals surface area (Å²) in [6.45, 7) is 1.63. The molecule has 0 saturated carbocycles. The molecule has 7 nitrogen and oxygen atoms in total. The van der Waals surface area contributed by atoms with Crippen molar-refractivity contribution in [3.63, 3.8) is 0 Å². The topological polar surface area (TPSA) is 104 Å². The number of rotatable bonds is 4. The van der Waals surface area contributed by atoms with Gasteiger partial charge < -0.3 is 14.9 Å². The molecule has 106 valence electrons. The van der Waals surface area contributed by atoms with E-state index in [1.807, 2.05) is 5.38 Å². The minimum absolute atomic E-state index is 0.0408. The van der Waals surface area contributed by atoms with Gasteiger partial charge in [-0.25, -0.2) is 0 Å². The van der Waals surface area contributed by atoms with Gasteiger partial charge in [0.2, 0.25) is 0 Å². The summed E-state index contributed by atoms with van der Waals surface area (Å²) in [5, 5.41) is 21.5. The molecule has 0 aromatic carbocycles. The first-order chi connectivity index (χ1) is 9.56. The zero-order chi connectivity index (χ0) is 14.5. The standard InChI is InChI=1S/C12H13N3O4S/c1-7-4-10(15-19-7)14-12(18)11(17)13-5-9(16)8-2-3-20-6-8/h2-4,6,9,16H,5H2,1H3,(H,13,17)(H,14,15,18)/t9-/m1/s1. The number of nitrogens with one attached hydrogen (secondary N) is 2. The van der Waals surface area contributed by atoms with Crippen LogP contribution in [0.3, 0.4) is 0 Å². The lowest BCUT2D eigenvalue weighted by molar-refractivity contribution is -0.136. The molecule has 2 heterocycles. The van der Waals surface area contributed by atoms with Crippen molar-refractivity contribution in [3.8, 4) is 0 Å². The fraction of sp³-hybridized carbons (Fsp3) is 0.250. The van der Waals surface area contributed by atoms with Crippen LogP contribution in [0.2, 0.25) is 0 Å². The van der Waals surface area contributed by atoms with Gasteiger partial charge in [-0.15, -0.1) is 0 Å². The van der Waals surface area contributed by atoms with Gasteiger partial charge in [0, 0.05) is 12.6 Å².